The van der Waals surface area contributed by atoms with Crippen molar-refractivity contribution in [2.75, 3.05) is 24.0 Å². The van der Waals surface area contributed by atoms with Crippen LogP contribution in [-0.2, 0) is 0 Å². The third-order valence-corrected chi connectivity index (χ3v) is 3.74. The smallest absolute Gasteiger partial charge is 0.255 e. The molecule has 0 spiro atoms. The van der Waals surface area contributed by atoms with Crippen molar-refractivity contribution in [3.63, 3.8) is 0 Å². The minimum Gasteiger partial charge on any atom is -0.454 e. The minimum atomic E-state index is -0.187. The summed E-state index contributed by atoms with van der Waals surface area (Å²) in [7, 11) is 0. The number of nitrogens with one attached hydrogen (secondary N) is 2. The van der Waals surface area contributed by atoms with Gasteiger partial charge in [0.15, 0.2) is 11.5 Å². The van der Waals surface area contributed by atoms with Crippen LogP contribution in [0.5, 0.6) is 11.5 Å². The van der Waals surface area contributed by atoms with Gasteiger partial charge in [0.05, 0.1) is 0 Å². The van der Waals surface area contributed by atoms with E-state index in [9.17, 15) is 4.79 Å². The van der Waals surface area contributed by atoms with Gasteiger partial charge in [-0.05, 0) is 30.7 Å². The maximum atomic E-state index is 12.4. The lowest BCUT2D eigenvalue weighted by Crippen LogP contribution is -2.13. The number of anilines is 2. The van der Waals surface area contributed by atoms with Crippen molar-refractivity contribution in [3.05, 3.63) is 42.1 Å². The second kappa shape index (κ2) is 7.68. The quantitative estimate of drug-likeness (QED) is 0.759. The number of amides is 1. The molecule has 3 rings (SSSR count). The molecule has 0 bridgehead atoms. The Kier molecular flexibility index (Phi) is 5.15. The third kappa shape index (κ3) is 3.95. The van der Waals surface area contributed by atoms with Crippen molar-refractivity contribution in [1.29, 1.82) is 0 Å². The number of unbranched alkanes of at least 4 members (excludes halogenated alkanes) is 2. The highest BCUT2D eigenvalue weighted by atomic mass is 16.7. The molecular formula is C18H21N3O3. The molecule has 0 saturated carbocycles. The van der Waals surface area contributed by atoms with Crippen molar-refractivity contribution in [3.8, 4) is 11.5 Å². The summed E-state index contributed by atoms with van der Waals surface area (Å²) < 4.78 is 10.6. The Bertz CT molecular complexity index is 718. The van der Waals surface area contributed by atoms with Crippen molar-refractivity contribution in [2.45, 2.75) is 26.2 Å². The molecule has 1 aliphatic rings. The first kappa shape index (κ1) is 16.1. The van der Waals surface area contributed by atoms with E-state index in [2.05, 4.69) is 22.5 Å². The summed E-state index contributed by atoms with van der Waals surface area (Å²) in [6, 6.07) is 8.78. The van der Waals surface area contributed by atoms with E-state index >= 15 is 0 Å². The summed E-state index contributed by atoms with van der Waals surface area (Å²) >= 11 is 0. The average molecular weight is 327 g/mol. The van der Waals surface area contributed by atoms with Crippen LogP contribution >= 0.6 is 0 Å². The molecule has 1 amide bonds. The van der Waals surface area contributed by atoms with Gasteiger partial charge in [0.1, 0.15) is 5.82 Å². The molecule has 2 heterocycles. The van der Waals surface area contributed by atoms with E-state index in [-0.39, 0.29) is 12.7 Å². The van der Waals surface area contributed by atoms with Gasteiger partial charge in [-0.15, -0.1) is 0 Å². The first-order chi connectivity index (χ1) is 11.8. The molecule has 6 nitrogen and oxygen atoms in total. The van der Waals surface area contributed by atoms with Crippen LogP contribution in [0.3, 0.4) is 0 Å². The molecule has 0 radical (unpaired) electrons. The number of carbonyl (C=O) groups excluding carboxylic acids is 1. The molecule has 0 atom stereocenters. The van der Waals surface area contributed by atoms with E-state index < -0.39 is 0 Å². The Hall–Kier alpha value is -2.76. The van der Waals surface area contributed by atoms with Crippen LogP contribution < -0.4 is 20.1 Å². The zero-order valence-corrected chi connectivity index (χ0v) is 13.7. The Balaban J connectivity index is 1.62. The fourth-order valence-electron chi connectivity index (χ4n) is 2.44. The van der Waals surface area contributed by atoms with Gasteiger partial charge in [-0.2, -0.15) is 0 Å². The Morgan fingerprint density at radius 2 is 2.04 bits per heavy atom. The predicted octanol–water partition coefficient (Wildman–Crippen LogP) is 3.66. The van der Waals surface area contributed by atoms with Gasteiger partial charge in [-0.3, -0.25) is 4.79 Å². The molecule has 126 valence electrons. The first-order valence-electron chi connectivity index (χ1n) is 8.17. The van der Waals surface area contributed by atoms with Crippen LogP contribution in [0.1, 0.15) is 36.5 Å². The summed E-state index contributed by atoms with van der Waals surface area (Å²) in [6.07, 6.45) is 5.08. The zero-order valence-electron chi connectivity index (χ0n) is 13.7. The van der Waals surface area contributed by atoms with Crippen molar-refractivity contribution < 1.29 is 14.3 Å². The second-order valence-electron chi connectivity index (χ2n) is 5.59. The fourth-order valence-corrected chi connectivity index (χ4v) is 2.44. The number of carbonyl (C=O) groups is 1. The number of nitrogens with zero attached hydrogens (tertiary/aromatic N) is 1. The number of benzene rings is 1. The molecule has 2 aromatic rings. The second-order valence-corrected chi connectivity index (χ2v) is 5.59. The van der Waals surface area contributed by atoms with E-state index in [0.29, 0.717) is 28.6 Å². The van der Waals surface area contributed by atoms with E-state index in [4.69, 9.17) is 9.47 Å². The summed E-state index contributed by atoms with van der Waals surface area (Å²) in [4.78, 5) is 16.7. The lowest BCUT2D eigenvalue weighted by atomic mass is 10.2. The van der Waals surface area contributed by atoms with Gasteiger partial charge < -0.3 is 20.1 Å². The molecule has 0 aliphatic carbocycles. The van der Waals surface area contributed by atoms with Gasteiger partial charge in [0.25, 0.3) is 5.91 Å². The van der Waals surface area contributed by atoms with E-state index in [1.165, 1.54) is 12.8 Å². The number of pyridine rings is 1. The standard InChI is InChI=1S/C18H21N3O3/c1-2-3-4-8-19-17-10-13(7-9-20-17)18(22)21-14-5-6-15-16(11-14)24-12-23-15/h5-7,9-11H,2-4,8,12H2,1H3,(H,19,20)(H,21,22). The summed E-state index contributed by atoms with van der Waals surface area (Å²) in [5, 5.41) is 6.11. The van der Waals surface area contributed by atoms with Gasteiger partial charge in [-0.25, -0.2) is 4.98 Å². The van der Waals surface area contributed by atoms with E-state index in [1.807, 2.05) is 0 Å². The molecule has 1 aromatic carbocycles. The Labute approximate surface area is 141 Å². The van der Waals surface area contributed by atoms with Crippen molar-refractivity contribution >= 4 is 17.4 Å². The van der Waals surface area contributed by atoms with Gasteiger partial charge in [-0.1, -0.05) is 19.8 Å². The average Bonchev–Trinajstić information content (AvgIpc) is 3.07. The minimum absolute atomic E-state index is 0.187. The van der Waals surface area contributed by atoms with E-state index in [0.717, 1.165) is 13.0 Å². The molecule has 0 saturated heterocycles. The van der Waals surface area contributed by atoms with Crippen LogP contribution in [0.15, 0.2) is 36.5 Å². The molecule has 0 unspecified atom stereocenters. The van der Waals surface area contributed by atoms with Crippen LogP contribution in [0, 0.1) is 0 Å². The van der Waals surface area contributed by atoms with Crippen LogP contribution in [0.4, 0.5) is 11.5 Å². The fraction of sp³-hybridized carbons (Fsp3) is 0.333. The number of ether oxygens (including phenoxy) is 2. The number of hydrogen-bond acceptors (Lipinski definition) is 5. The monoisotopic (exact) mass is 327 g/mol. The van der Waals surface area contributed by atoms with Crippen LogP contribution in [0.25, 0.3) is 0 Å². The normalized spacial score (nSPS) is 12.0. The van der Waals surface area contributed by atoms with E-state index in [1.54, 1.807) is 36.5 Å². The number of hydrogen-bond donors (Lipinski definition) is 2. The van der Waals surface area contributed by atoms with Crippen LogP contribution in [0.2, 0.25) is 0 Å². The number of rotatable bonds is 7. The first-order valence-corrected chi connectivity index (χ1v) is 8.17. The maximum Gasteiger partial charge on any atom is 0.255 e. The van der Waals surface area contributed by atoms with Crippen LogP contribution in [-0.4, -0.2) is 24.2 Å². The molecule has 24 heavy (non-hydrogen) atoms. The lowest BCUT2D eigenvalue weighted by molar-refractivity contribution is 0.102. The summed E-state index contributed by atoms with van der Waals surface area (Å²) in [5.74, 6) is 1.86. The Morgan fingerprint density at radius 1 is 1.17 bits per heavy atom. The molecule has 1 aromatic heterocycles. The maximum absolute atomic E-state index is 12.4. The number of aromatic nitrogens is 1. The van der Waals surface area contributed by atoms with Gasteiger partial charge in [0.2, 0.25) is 6.79 Å². The summed E-state index contributed by atoms with van der Waals surface area (Å²) in [6.45, 7) is 3.23. The highest BCUT2D eigenvalue weighted by molar-refractivity contribution is 6.04. The predicted molar refractivity (Wildman–Crippen MR) is 92.8 cm³/mol. The zero-order chi connectivity index (χ0) is 16.8. The number of fused-ring (bicyclic) bond motifs is 1. The molecule has 2 N–H and O–H groups in total. The highest BCUT2D eigenvalue weighted by Gasteiger charge is 2.14. The largest absolute Gasteiger partial charge is 0.454 e. The molecule has 1 aliphatic heterocycles. The van der Waals surface area contributed by atoms with Gasteiger partial charge >= 0.3 is 0 Å². The van der Waals surface area contributed by atoms with Crippen molar-refractivity contribution in [2.24, 2.45) is 0 Å². The molecule has 0 fully saturated rings. The topological polar surface area (TPSA) is 72.5 Å². The van der Waals surface area contributed by atoms with Gasteiger partial charge in [0, 0.05) is 30.1 Å². The summed E-state index contributed by atoms with van der Waals surface area (Å²) in [5.41, 5.74) is 1.22. The third-order valence-electron chi connectivity index (χ3n) is 3.74. The lowest BCUT2D eigenvalue weighted by Gasteiger charge is -2.08. The molecule has 6 heteroatoms. The SMILES string of the molecule is CCCCCNc1cc(C(=O)Nc2ccc3c(c2)OCO3)ccn1. The van der Waals surface area contributed by atoms with Crippen molar-refractivity contribution in [1.82, 2.24) is 4.98 Å². The molecular weight excluding hydrogens is 306 g/mol. The highest BCUT2D eigenvalue weighted by Crippen LogP contribution is 2.34. The Morgan fingerprint density at radius 3 is 2.92 bits per heavy atom.